The van der Waals surface area contributed by atoms with Crippen molar-refractivity contribution in [1.82, 2.24) is 9.80 Å². The summed E-state index contributed by atoms with van der Waals surface area (Å²) in [7, 11) is 1.92. The SMILES string of the molecule is C=C(OCc1ccc(OC(C)C)cc1)N(Cc1ccc(F)cc1)[C@H]1CCN(C)C[C@H]1F. The van der Waals surface area contributed by atoms with Gasteiger partial charge < -0.3 is 19.3 Å². The highest BCUT2D eigenvalue weighted by molar-refractivity contribution is 5.27. The number of nitrogens with zero attached hydrogens (tertiary/aromatic N) is 2. The van der Waals surface area contributed by atoms with E-state index in [0.29, 0.717) is 32.0 Å². The van der Waals surface area contributed by atoms with Crippen molar-refractivity contribution in [1.29, 1.82) is 0 Å². The van der Waals surface area contributed by atoms with Crippen LogP contribution in [0.15, 0.2) is 61.0 Å². The Balaban J connectivity index is 1.68. The Kier molecular flexibility index (Phi) is 7.91. The van der Waals surface area contributed by atoms with Gasteiger partial charge in [-0.3, -0.25) is 0 Å². The molecule has 0 bridgehead atoms. The molecule has 1 saturated heterocycles. The Morgan fingerprint density at radius 1 is 1.13 bits per heavy atom. The predicted molar refractivity (Wildman–Crippen MR) is 119 cm³/mol. The Bertz CT molecular complexity index is 840. The largest absolute Gasteiger partial charge is 0.491 e. The molecule has 1 heterocycles. The maximum atomic E-state index is 14.9. The molecule has 0 radical (unpaired) electrons. The van der Waals surface area contributed by atoms with Crippen LogP contribution in [0, 0.1) is 5.82 Å². The number of hydrogen-bond donors (Lipinski definition) is 0. The van der Waals surface area contributed by atoms with Crippen LogP contribution in [-0.2, 0) is 17.9 Å². The molecule has 168 valence electrons. The molecule has 1 fully saturated rings. The Morgan fingerprint density at radius 2 is 1.77 bits per heavy atom. The minimum Gasteiger partial charge on any atom is -0.491 e. The molecule has 6 heteroatoms. The molecule has 0 amide bonds. The van der Waals surface area contributed by atoms with E-state index in [-0.39, 0.29) is 18.0 Å². The van der Waals surface area contributed by atoms with Crippen molar-refractivity contribution in [3.05, 3.63) is 77.9 Å². The van der Waals surface area contributed by atoms with Gasteiger partial charge in [-0.25, -0.2) is 8.78 Å². The van der Waals surface area contributed by atoms with Gasteiger partial charge in [0.15, 0.2) is 5.88 Å². The smallest absolute Gasteiger partial charge is 0.182 e. The topological polar surface area (TPSA) is 24.9 Å². The zero-order chi connectivity index (χ0) is 22.4. The fourth-order valence-electron chi connectivity index (χ4n) is 3.76. The van der Waals surface area contributed by atoms with E-state index in [1.165, 1.54) is 12.1 Å². The normalized spacial score (nSPS) is 19.3. The summed E-state index contributed by atoms with van der Waals surface area (Å²) in [6, 6.07) is 13.6. The van der Waals surface area contributed by atoms with Gasteiger partial charge >= 0.3 is 0 Å². The van der Waals surface area contributed by atoms with Crippen LogP contribution in [0.2, 0.25) is 0 Å². The zero-order valence-electron chi connectivity index (χ0n) is 18.6. The van der Waals surface area contributed by atoms with Gasteiger partial charge in [0.25, 0.3) is 0 Å². The van der Waals surface area contributed by atoms with Crippen LogP contribution < -0.4 is 4.74 Å². The lowest BCUT2D eigenvalue weighted by atomic mass is 10.0. The molecule has 0 spiro atoms. The van der Waals surface area contributed by atoms with E-state index in [1.54, 1.807) is 12.1 Å². The summed E-state index contributed by atoms with van der Waals surface area (Å²) in [4.78, 5) is 3.86. The third-order valence-corrected chi connectivity index (χ3v) is 5.40. The van der Waals surface area contributed by atoms with E-state index in [9.17, 15) is 8.78 Å². The van der Waals surface area contributed by atoms with Crippen molar-refractivity contribution >= 4 is 0 Å². The second-order valence-corrected chi connectivity index (χ2v) is 8.38. The highest BCUT2D eigenvalue weighted by Crippen LogP contribution is 2.26. The maximum Gasteiger partial charge on any atom is 0.182 e. The third kappa shape index (κ3) is 6.69. The molecule has 0 unspecified atom stereocenters. The lowest BCUT2D eigenvalue weighted by molar-refractivity contribution is 0.00805. The van der Waals surface area contributed by atoms with Crippen LogP contribution in [0.1, 0.15) is 31.4 Å². The molecule has 2 aromatic carbocycles. The zero-order valence-corrected chi connectivity index (χ0v) is 18.6. The average Bonchev–Trinajstić information content (AvgIpc) is 2.73. The molecule has 0 saturated carbocycles. The average molecular weight is 431 g/mol. The first kappa shape index (κ1) is 23.1. The Labute approximate surface area is 184 Å². The van der Waals surface area contributed by atoms with Gasteiger partial charge in [0, 0.05) is 19.6 Å². The molecular formula is C25H32F2N2O2. The van der Waals surface area contributed by atoms with Crippen molar-refractivity contribution in [2.75, 3.05) is 20.1 Å². The Morgan fingerprint density at radius 3 is 2.39 bits per heavy atom. The van der Waals surface area contributed by atoms with Gasteiger partial charge in [-0.1, -0.05) is 24.3 Å². The van der Waals surface area contributed by atoms with Gasteiger partial charge in [0.1, 0.15) is 24.3 Å². The van der Waals surface area contributed by atoms with Crippen LogP contribution in [-0.4, -0.2) is 48.3 Å². The quantitative estimate of drug-likeness (QED) is 0.514. The number of rotatable bonds is 9. The molecule has 0 aromatic heterocycles. The minimum absolute atomic E-state index is 0.116. The van der Waals surface area contributed by atoms with Crippen molar-refractivity contribution in [3.63, 3.8) is 0 Å². The predicted octanol–water partition coefficient (Wildman–Crippen LogP) is 5.15. The first-order valence-electron chi connectivity index (χ1n) is 10.7. The number of likely N-dealkylation sites (tertiary alicyclic amines) is 1. The summed E-state index contributed by atoms with van der Waals surface area (Å²) >= 11 is 0. The van der Waals surface area contributed by atoms with Gasteiger partial charge in [0.2, 0.25) is 0 Å². The summed E-state index contributed by atoms with van der Waals surface area (Å²) in [6.45, 7) is 9.97. The van der Waals surface area contributed by atoms with Gasteiger partial charge in [-0.05, 0) is 69.3 Å². The van der Waals surface area contributed by atoms with E-state index in [0.717, 1.165) is 23.4 Å². The van der Waals surface area contributed by atoms with Gasteiger partial charge in [0.05, 0.1) is 12.1 Å². The maximum absolute atomic E-state index is 14.9. The van der Waals surface area contributed by atoms with Crippen LogP contribution >= 0.6 is 0 Å². The van der Waals surface area contributed by atoms with Crippen LogP contribution in [0.5, 0.6) is 5.75 Å². The molecule has 2 aromatic rings. The third-order valence-electron chi connectivity index (χ3n) is 5.40. The first-order chi connectivity index (χ1) is 14.8. The molecule has 4 nitrogen and oxygen atoms in total. The molecule has 2 atom stereocenters. The summed E-state index contributed by atoms with van der Waals surface area (Å²) in [5.41, 5.74) is 1.85. The van der Waals surface area contributed by atoms with E-state index < -0.39 is 6.17 Å². The highest BCUT2D eigenvalue weighted by Gasteiger charge is 2.33. The molecule has 31 heavy (non-hydrogen) atoms. The lowest BCUT2D eigenvalue weighted by Gasteiger charge is -2.41. The molecular weight excluding hydrogens is 398 g/mol. The molecule has 1 aliphatic heterocycles. The first-order valence-corrected chi connectivity index (χ1v) is 10.7. The highest BCUT2D eigenvalue weighted by atomic mass is 19.1. The molecule has 1 aliphatic rings. The van der Waals surface area contributed by atoms with E-state index in [1.807, 2.05) is 55.0 Å². The van der Waals surface area contributed by atoms with Crippen LogP contribution in [0.4, 0.5) is 8.78 Å². The van der Waals surface area contributed by atoms with Gasteiger partial charge in [-0.2, -0.15) is 0 Å². The summed E-state index contributed by atoms with van der Waals surface area (Å²) in [6.07, 6.45) is -0.236. The van der Waals surface area contributed by atoms with Gasteiger partial charge in [-0.15, -0.1) is 0 Å². The minimum atomic E-state index is -1.02. The fraction of sp³-hybridized carbons (Fsp3) is 0.440. The van der Waals surface area contributed by atoms with Crippen molar-refractivity contribution < 1.29 is 18.3 Å². The van der Waals surface area contributed by atoms with E-state index in [4.69, 9.17) is 9.47 Å². The Hall–Kier alpha value is -2.60. The number of alkyl halides is 1. The molecule has 3 rings (SSSR count). The number of hydrogen-bond acceptors (Lipinski definition) is 4. The van der Waals surface area contributed by atoms with E-state index >= 15 is 0 Å². The molecule has 0 N–H and O–H groups in total. The fourth-order valence-corrected chi connectivity index (χ4v) is 3.76. The monoisotopic (exact) mass is 430 g/mol. The summed E-state index contributed by atoms with van der Waals surface area (Å²) in [5.74, 6) is 0.934. The number of piperidine rings is 1. The number of halogens is 2. The second-order valence-electron chi connectivity index (χ2n) is 8.38. The standard InChI is InChI=1S/C25H32F2N2O2/c1-18(2)31-23-11-7-21(8-12-23)17-30-19(3)29(15-20-5-9-22(26)10-6-20)25-13-14-28(4)16-24(25)27/h5-12,18,24-25H,3,13-17H2,1-2,4H3/t24-,25+/m1/s1. The van der Waals surface area contributed by atoms with Crippen LogP contribution in [0.25, 0.3) is 0 Å². The van der Waals surface area contributed by atoms with E-state index in [2.05, 4.69) is 6.58 Å². The summed E-state index contributed by atoms with van der Waals surface area (Å²) in [5, 5.41) is 0. The van der Waals surface area contributed by atoms with Crippen molar-refractivity contribution in [2.24, 2.45) is 0 Å². The van der Waals surface area contributed by atoms with Crippen molar-refractivity contribution in [2.45, 2.75) is 51.7 Å². The number of benzene rings is 2. The van der Waals surface area contributed by atoms with Crippen LogP contribution in [0.3, 0.4) is 0 Å². The summed E-state index contributed by atoms with van der Waals surface area (Å²) < 4.78 is 39.9. The van der Waals surface area contributed by atoms with Crippen molar-refractivity contribution in [3.8, 4) is 5.75 Å². The lowest BCUT2D eigenvalue weighted by Crippen LogP contribution is -2.51. The second kappa shape index (κ2) is 10.6. The number of ether oxygens (including phenoxy) is 2. The molecule has 0 aliphatic carbocycles.